The lowest BCUT2D eigenvalue weighted by molar-refractivity contribution is -0.913. The molecule has 2 aliphatic heterocycles. The lowest BCUT2D eigenvalue weighted by Gasteiger charge is -2.31. The highest BCUT2D eigenvalue weighted by Crippen LogP contribution is 2.18. The second kappa shape index (κ2) is 11.4. The fraction of sp³-hybridized carbons (Fsp3) is 1.00. The molecule has 0 aromatic rings. The summed E-state index contributed by atoms with van der Waals surface area (Å²) in [6.07, 6.45) is 5.84. The third-order valence-corrected chi connectivity index (χ3v) is 5.71. The Balaban J connectivity index is 0.000000326. The standard InChI is InChI=1S/2C8H18N.BFO2/c2*1-3-9(4-2)7-5-6-8-9;2-1(3)4/h2*3-8H2,1-2H3;/q2*+1;-2. The molecule has 0 aromatic heterocycles. The van der Waals surface area contributed by atoms with Crippen molar-refractivity contribution in [2.45, 2.75) is 53.4 Å². The highest BCUT2D eigenvalue weighted by atomic mass is 19.1. The Labute approximate surface area is 137 Å². The molecule has 0 saturated carbocycles. The van der Waals surface area contributed by atoms with Gasteiger partial charge in [0, 0.05) is 25.7 Å². The van der Waals surface area contributed by atoms with Crippen LogP contribution in [0.5, 0.6) is 0 Å². The van der Waals surface area contributed by atoms with Gasteiger partial charge in [0.1, 0.15) is 7.40 Å². The maximum absolute atomic E-state index is 9.89. The Morgan fingerprint density at radius 3 is 0.955 bits per heavy atom. The average molecular weight is 318 g/mol. The van der Waals surface area contributed by atoms with E-state index in [0.717, 1.165) is 0 Å². The highest BCUT2D eigenvalue weighted by molar-refractivity contribution is 6.27. The topological polar surface area (TPSA) is 46.1 Å². The van der Waals surface area contributed by atoms with E-state index in [4.69, 9.17) is 10.0 Å². The van der Waals surface area contributed by atoms with Crippen LogP contribution in [0.1, 0.15) is 53.4 Å². The predicted molar refractivity (Wildman–Crippen MR) is 87.5 cm³/mol. The molecule has 4 nitrogen and oxygen atoms in total. The Hall–Kier alpha value is -0.165. The summed E-state index contributed by atoms with van der Waals surface area (Å²) in [6, 6.07) is 0. The maximum atomic E-state index is 9.89. The first-order valence-electron chi connectivity index (χ1n) is 9.05. The molecule has 2 fully saturated rings. The van der Waals surface area contributed by atoms with Gasteiger partial charge in [-0.05, 0) is 27.7 Å². The molecule has 2 saturated heterocycles. The monoisotopic (exact) mass is 318 g/mol. The van der Waals surface area contributed by atoms with Crippen molar-refractivity contribution in [3.63, 3.8) is 0 Å². The Kier molecular flexibility index (Phi) is 11.3. The van der Waals surface area contributed by atoms with Gasteiger partial charge in [-0.2, -0.15) is 0 Å². The number of halogens is 1. The van der Waals surface area contributed by atoms with Crippen LogP contribution in [0.4, 0.5) is 4.32 Å². The van der Waals surface area contributed by atoms with Crippen molar-refractivity contribution in [3.05, 3.63) is 0 Å². The van der Waals surface area contributed by atoms with Crippen LogP contribution >= 0.6 is 0 Å². The van der Waals surface area contributed by atoms with Gasteiger partial charge in [0.25, 0.3) is 0 Å². The minimum atomic E-state index is -3.17. The SMILES string of the molecule is CC[N+]1(CC)CCCC1.CC[N+]1(CC)CCCC1.[O-]B([O-])F. The first-order chi connectivity index (χ1) is 10.4. The highest BCUT2D eigenvalue weighted by Gasteiger charge is 2.27. The molecule has 22 heavy (non-hydrogen) atoms. The van der Waals surface area contributed by atoms with Gasteiger partial charge >= 0.3 is 0 Å². The van der Waals surface area contributed by atoms with E-state index in [-0.39, 0.29) is 0 Å². The molecular weight excluding hydrogens is 282 g/mol. The molecule has 0 aliphatic carbocycles. The fourth-order valence-electron chi connectivity index (χ4n) is 3.72. The van der Waals surface area contributed by atoms with E-state index in [2.05, 4.69) is 27.7 Å². The molecule has 0 aromatic carbocycles. The molecule has 0 N–H and O–H groups in total. The smallest absolute Gasteiger partial charge is 0.121 e. The van der Waals surface area contributed by atoms with Gasteiger partial charge in [0.2, 0.25) is 0 Å². The van der Waals surface area contributed by atoms with Gasteiger partial charge in [-0.15, -0.1) is 0 Å². The quantitative estimate of drug-likeness (QED) is 0.572. The van der Waals surface area contributed by atoms with E-state index in [1.54, 1.807) is 0 Å². The maximum Gasteiger partial charge on any atom is 0.121 e. The molecule has 132 valence electrons. The van der Waals surface area contributed by atoms with Crippen molar-refractivity contribution in [1.82, 2.24) is 0 Å². The van der Waals surface area contributed by atoms with Crippen molar-refractivity contribution >= 4 is 7.40 Å². The zero-order chi connectivity index (χ0) is 17.1. The second-order valence-electron chi connectivity index (χ2n) is 6.53. The Bertz CT molecular complexity index is 230. The number of likely N-dealkylation sites (tertiary alicyclic amines) is 2. The predicted octanol–water partition coefficient (Wildman–Crippen LogP) is 0.935. The molecule has 0 radical (unpaired) electrons. The molecule has 6 heteroatoms. The largest absolute Gasteiger partial charge is 0.867 e. The van der Waals surface area contributed by atoms with Crippen LogP contribution in [0.3, 0.4) is 0 Å². The minimum absolute atomic E-state index is 1.34. The zero-order valence-corrected chi connectivity index (χ0v) is 15.2. The average Bonchev–Trinajstić information content (AvgIpc) is 3.17. The summed E-state index contributed by atoms with van der Waals surface area (Å²) >= 11 is 0. The van der Waals surface area contributed by atoms with Crippen molar-refractivity contribution < 1.29 is 23.3 Å². The van der Waals surface area contributed by atoms with Crippen molar-refractivity contribution in [2.75, 3.05) is 52.4 Å². The number of quaternary nitrogens is 2. The van der Waals surface area contributed by atoms with Gasteiger partial charge in [0.15, 0.2) is 0 Å². The number of hydrogen-bond acceptors (Lipinski definition) is 2. The molecule has 0 spiro atoms. The Morgan fingerprint density at radius 2 is 0.864 bits per heavy atom. The molecule has 0 atom stereocenters. The van der Waals surface area contributed by atoms with Crippen LogP contribution in [0.2, 0.25) is 0 Å². The molecule has 0 amide bonds. The van der Waals surface area contributed by atoms with Crippen LogP contribution in [-0.2, 0) is 0 Å². The van der Waals surface area contributed by atoms with Crippen LogP contribution < -0.4 is 10.0 Å². The molecule has 2 aliphatic rings. The summed E-state index contributed by atoms with van der Waals surface area (Å²) < 4.78 is 12.7. The van der Waals surface area contributed by atoms with Gasteiger partial charge in [-0.3, -0.25) is 0 Å². The van der Waals surface area contributed by atoms with Crippen LogP contribution in [0.15, 0.2) is 0 Å². The summed E-state index contributed by atoms with van der Waals surface area (Å²) in [4.78, 5) is 0. The lowest BCUT2D eigenvalue weighted by atomic mass is 10.3. The van der Waals surface area contributed by atoms with Gasteiger partial charge in [-0.25, -0.2) is 0 Å². The first kappa shape index (κ1) is 21.8. The second-order valence-corrected chi connectivity index (χ2v) is 6.53. The van der Waals surface area contributed by atoms with Crippen LogP contribution in [0.25, 0.3) is 0 Å². The number of nitrogens with zero attached hydrogens (tertiary/aromatic N) is 2. The number of hydrogen-bond donors (Lipinski definition) is 0. The Morgan fingerprint density at radius 1 is 0.682 bits per heavy atom. The third kappa shape index (κ3) is 7.91. The summed E-state index contributed by atoms with van der Waals surface area (Å²) in [5, 5.41) is 16.6. The molecular formula is C16H36BFN2O2. The van der Waals surface area contributed by atoms with E-state index in [1.807, 2.05) is 0 Å². The molecule has 0 unspecified atom stereocenters. The summed E-state index contributed by atoms with van der Waals surface area (Å²) in [5.41, 5.74) is 0. The summed E-state index contributed by atoms with van der Waals surface area (Å²) in [5.74, 6) is 0. The van der Waals surface area contributed by atoms with Crippen molar-refractivity contribution in [3.8, 4) is 0 Å². The molecule has 2 heterocycles. The summed E-state index contributed by atoms with van der Waals surface area (Å²) in [7, 11) is -3.17. The first-order valence-corrected chi connectivity index (χ1v) is 9.05. The van der Waals surface area contributed by atoms with Gasteiger partial charge in [-0.1, -0.05) is 0 Å². The van der Waals surface area contributed by atoms with E-state index in [0.29, 0.717) is 0 Å². The lowest BCUT2D eigenvalue weighted by Crippen LogP contribution is -2.44. The summed E-state index contributed by atoms with van der Waals surface area (Å²) in [6.45, 7) is 20.4. The van der Waals surface area contributed by atoms with Gasteiger partial charge < -0.3 is 23.3 Å². The van der Waals surface area contributed by atoms with Crippen LogP contribution in [-0.4, -0.2) is 68.7 Å². The van der Waals surface area contributed by atoms with E-state index >= 15 is 0 Å². The zero-order valence-electron chi connectivity index (χ0n) is 15.2. The van der Waals surface area contributed by atoms with Crippen molar-refractivity contribution in [2.24, 2.45) is 0 Å². The minimum Gasteiger partial charge on any atom is -0.867 e. The van der Waals surface area contributed by atoms with Gasteiger partial charge in [0.05, 0.1) is 52.4 Å². The van der Waals surface area contributed by atoms with E-state index < -0.39 is 7.40 Å². The van der Waals surface area contributed by atoms with Crippen LogP contribution in [0, 0.1) is 0 Å². The normalized spacial score (nSPS) is 21.4. The van der Waals surface area contributed by atoms with E-state index in [1.165, 1.54) is 87.0 Å². The third-order valence-electron chi connectivity index (χ3n) is 5.71. The number of rotatable bonds is 4. The molecule has 2 rings (SSSR count). The molecule has 0 bridgehead atoms. The van der Waals surface area contributed by atoms with E-state index in [9.17, 15) is 4.32 Å². The fourth-order valence-corrected chi connectivity index (χ4v) is 3.72. The van der Waals surface area contributed by atoms with Crippen molar-refractivity contribution in [1.29, 1.82) is 0 Å².